The van der Waals surface area contributed by atoms with Gasteiger partial charge in [-0.2, -0.15) is 4.31 Å². The van der Waals surface area contributed by atoms with Crippen LogP contribution in [0.4, 0.5) is 0 Å². The summed E-state index contributed by atoms with van der Waals surface area (Å²) in [5, 5.41) is 19.8. The summed E-state index contributed by atoms with van der Waals surface area (Å²) < 4.78 is 35.6. The van der Waals surface area contributed by atoms with Gasteiger partial charge in [-0.25, -0.2) is 13.9 Å². The first-order valence-electron chi connectivity index (χ1n) is 6.87. The van der Waals surface area contributed by atoms with Gasteiger partial charge in [0.15, 0.2) is 6.23 Å². The molecule has 19 heteroatoms. The minimum absolute atomic E-state index is 0.704. The number of rotatable bonds is 6. The van der Waals surface area contributed by atoms with Crippen molar-refractivity contribution in [2.75, 3.05) is 6.61 Å². The van der Waals surface area contributed by atoms with Crippen LogP contribution in [0.3, 0.4) is 0 Å². The first-order chi connectivity index (χ1) is 12.8. The Morgan fingerprint density at radius 2 is 1.79 bits per heavy atom. The third-order valence-electron chi connectivity index (χ3n) is 3.07. The van der Waals surface area contributed by atoms with Crippen LogP contribution in [0.25, 0.3) is 16.0 Å². The van der Waals surface area contributed by atoms with Crippen LogP contribution >= 0.6 is 15.6 Å². The molecule has 0 aromatic carbocycles. The van der Waals surface area contributed by atoms with Gasteiger partial charge in [0.05, 0.1) is 6.61 Å². The molecule has 1 aliphatic rings. The number of nitrogens with zero attached hydrogens (tertiary/aromatic N) is 4. The highest BCUT2D eigenvalue weighted by Gasteiger charge is 2.45. The van der Waals surface area contributed by atoms with Gasteiger partial charge < -0.3 is 40.7 Å². The number of aliphatic hydroxyl groups excluding tert-OH is 2. The second kappa shape index (κ2) is 9.56. The molecule has 0 saturated carbocycles. The number of phosphoric acid groups is 2. The van der Waals surface area contributed by atoms with Crippen LogP contribution < -0.4 is 11.2 Å². The molecule has 17 nitrogen and oxygen atoms in total. The second-order valence-electron chi connectivity index (χ2n) is 4.99. The molecule has 1 unspecified atom stereocenters. The van der Waals surface area contributed by atoms with Crippen LogP contribution in [0.1, 0.15) is 6.23 Å². The number of hydrogen-bond donors (Lipinski definition) is 6. The van der Waals surface area contributed by atoms with Gasteiger partial charge in [0.1, 0.15) is 18.3 Å². The van der Waals surface area contributed by atoms with E-state index in [2.05, 4.69) is 8.83 Å². The summed E-state index contributed by atoms with van der Waals surface area (Å²) in [6.07, 6.45) is -5.25. The lowest BCUT2D eigenvalue weighted by Gasteiger charge is -2.17. The fourth-order valence-corrected chi connectivity index (χ4v) is 3.65. The molecule has 0 bridgehead atoms. The average Bonchev–Trinajstić information content (AvgIpc) is 2.80. The highest BCUT2D eigenvalue weighted by molar-refractivity contribution is 7.60. The summed E-state index contributed by atoms with van der Waals surface area (Å²) in [5.74, 6) is 0. The van der Waals surface area contributed by atoms with Gasteiger partial charge in [-0.15, -0.1) is 0 Å². The Morgan fingerprint density at radius 3 is 2.29 bits per heavy atom. The van der Waals surface area contributed by atoms with Crippen LogP contribution in [-0.4, -0.2) is 59.4 Å². The van der Waals surface area contributed by atoms with E-state index in [1.54, 1.807) is 0 Å². The van der Waals surface area contributed by atoms with E-state index in [9.17, 15) is 28.9 Å². The zero-order valence-electron chi connectivity index (χ0n) is 13.4. The molecule has 28 heavy (non-hydrogen) atoms. The topological polar surface area (TPSA) is 277 Å². The number of aromatic amines is 1. The van der Waals surface area contributed by atoms with Crippen molar-refractivity contribution in [3.8, 4) is 0 Å². The molecule has 158 valence electrons. The van der Waals surface area contributed by atoms with Crippen molar-refractivity contribution in [2.45, 2.75) is 24.5 Å². The number of ether oxygens (including phenoxy) is 1. The van der Waals surface area contributed by atoms with Crippen LogP contribution in [0.15, 0.2) is 21.9 Å². The molecule has 2 rings (SSSR count). The van der Waals surface area contributed by atoms with E-state index in [-0.39, 0.29) is 0 Å². The van der Waals surface area contributed by atoms with Crippen molar-refractivity contribution in [1.29, 1.82) is 0 Å². The monoisotopic (exact) mass is 446 g/mol. The predicted octanol–water partition coefficient (Wildman–Crippen LogP) is -1.75. The Bertz CT molecular complexity index is 919. The van der Waals surface area contributed by atoms with Crippen molar-refractivity contribution >= 4 is 15.6 Å². The fourth-order valence-electron chi connectivity index (χ4n) is 2.05. The highest BCUT2D eigenvalue weighted by atomic mass is 31.3. The molecule has 0 aliphatic carbocycles. The van der Waals surface area contributed by atoms with Gasteiger partial charge in [-0.3, -0.25) is 23.8 Å². The summed E-state index contributed by atoms with van der Waals surface area (Å²) in [7, 11) is -10.5. The standard InChI is InChI=1S/C9H14N2O12P2.N3/c12-5-1-2-11(9(15)10-5)8-7(14)6(13)4(22-8)3-21-25(19,20)23-24(16,17)18;1-3-2/h1-2,4,6-8,13-14H,3H2,(H,19,20)(H,10,12,15)(H2,16,17,18);/q;-1/t4-,6-,7-,8-;/m1./s1. The van der Waals surface area contributed by atoms with Crippen molar-refractivity contribution in [2.24, 2.45) is 0 Å². The maximum absolute atomic E-state index is 11.7. The quantitative estimate of drug-likeness (QED) is 0.123. The van der Waals surface area contributed by atoms with E-state index in [0.717, 1.165) is 16.8 Å². The van der Waals surface area contributed by atoms with E-state index < -0.39 is 58.0 Å². The summed E-state index contributed by atoms with van der Waals surface area (Å²) in [6, 6.07) is 0.962. The first kappa shape index (κ1) is 24.2. The fraction of sp³-hybridized carbons (Fsp3) is 0.556. The number of aliphatic hydroxyl groups is 2. The summed E-state index contributed by atoms with van der Waals surface area (Å²) in [4.78, 5) is 52.2. The van der Waals surface area contributed by atoms with E-state index in [0.29, 0.717) is 0 Å². The molecule has 0 amide bonds. The Kier molecular flexibility index (Phi) is 8.25. The molecule has 6 N–H and O–H groups in total. The maximum atomic E-state index is 11.7. The highest BCUT2D eigenvalue weighted by Crippen LogP contribution is 2.57. The molecule has 0 radical (unpaired) electrons. The molecule has 5 atom stereocenters. The third kappa shape index (κ3) is 6.94. The smallest absolute Gasteiger partial charge is 0.387 e. The summed E-state index contributed by atoms with van der Waals surface area (Å²) in [5.41, 5.74) is 11.9. The van der Waals surface area contributed by atoms with Crippen LogP contribution in [-0.2, 0) is 22.7 Å². The molecule has 1 aliphatic heterocycles. The van der Waals surface area contributed by atoms with Gasteiger partial charge in [0.25, 0.3) is 5.56 Å². The van der Waals surface area contributed by atoms with Crippen molar-refractivity contribution < 1.29 is 47.6 Å². The maximum Gasteiger partial charge on any atom is 0.481 e. The molecule has 1 saturated heterocycles. The SMILES string of the molecule is O=c1ccn([C@@H]2O[C@H](COP(=O)(O)OP(=O)(O)O)[C@@H](O)[C@H]2O)c(=O)[nH]1.[N-]=[N+]=[N-]. The summed E-state index contributed by atoms with van der Waals surface area (Å²) in [6.45, 7) is -0.902. The Balaban J connectivity index is 0.00000122. The molecular formula is C9H14N5O12P2-. The Labute approximate surface area is 154 Å². The van der Waals surface area contributed by atoms with Crippen molar-refractivity contribution in [3.05, 3.63) is 49.1 Å². The largest absolute Gasteiger partial charge is 0.481 e. The van der Waals surface area contributed by atoms with Gasteiger partial charge >= 0.3 is 21.3 Å². The van der Waals surface area contributed by atoms with Crippen LogP contribution in [0.2, 0.25) is 0 Å². The molecule has 1 fully saturated rings. The average molecular weight is 446 g/mol. The molecule has 1 aromatic heterocycles. The van der Waals surface area contributed by atoms with Crippen LogP contribution in [0, 0.1) is 0 Å². The third-order valence-corrected chi connectivity index (χ3v) is 5.23. The van der Waals surface area contributed by atoms with Crippen molar-refractivity contribution in [1.82, 2.24) is 9.55 Å². The van der Waals surface area contributed by atoms with Crippen molar-refractivity contribution in [3.63, 3.8) is 0 Å². The second-order valence-corrected chi connectivity index (χ2v) is 7.82. The summed E-state index contributed by atoms with van der Waals surface area (Å²) >= 11 is 0. The molecular weight excluding hydrogens is 432 g/mol. The lowest BCUT2D eigenvalue weighted by atomic mass is 10.1. The van der Waals surface area contributed by atoms with Crippen LogP contribution in [0.5, 0.6) is 0 Å². The van der Waals surface area contributed by atoms with Gasteiger partial charge in [0.2, 0.25) is 0 Å². The molecule has 1 aromatic rings. The predicted molar refractivity (Wildman–Crippen MR) is 86.2 cm³/mol. The van der Waals surface area contributed by atoms with E-state index in [4.69, 9.17) is 30.5 Å². The zero-order valence-corrected chi connectivity index (χ0v) is 15.2. The number of H-pyrrole nitrogens is 1. The van der Waals surface area contributed by atoms with E-state index in [1.807, 2.05) is 4.98 Å². The first-order valence-corrected chi connectivity index (χ1v) is 9.89. The van der Waals surface area contributed by atoms with E-state index >= 15 is 0 Å². The number of hydrogen-bond acceptors (Lipinski definition) is 9. The Morgan fingerprint density at radius 1 is 1.21 bits per heavy atom. The number of phosphoric ester groups is 1. The molecule has 0 spiro atoms. The number of aromatic nitrogens is 2. The van der Waals surface area contributed by atoms with E-state index in [1.165, 1.54) is 4.91 Å². The Hall–Kier alpha value is -1.87. The zero-order chi connectivity index (χ0) is 21.7. The van der Waals surface area contributed by atoms with Gasteiger partial charge in [-0.1, -0.05) is 0 Å². The number of nitrogens with one attached hydrogen (secondary N) is 1. The molecule has 2 heterocycles. The minimum Gasteiger partial charge on any atom is -0.387 e. The minimum atomic E-state index is -5.32. The normalized spacial score (nSPS) is 26.6. The lowest BCUT2D eigenvalue weighted by molar-refractivity contribution is -0.0542. The van der Waals surface area contributed by atoms with Gasteiger partial charge in [-0.05, 0) is 0 Å². The lowest BCUT2D eigenvalue weighted by Crippen LogP contribution is -2.37. The van der Waals surface area contributed by atoms with Gasteiger partial charge in [0, 0.05) is 12.3 Å².